The molecule has 0 aromatic heterocycles. The van der Waals surface area contributed by atoms with Crippen molar-refractivity contribution in [3.05, 3.63) is 96.1 Å². The number of halogens is 3. The summed E-state index contributed by atoms with van der Waals surface area (Å²) in [5.74, 6) is -2.25. The average molecular weight is 453 g/mol. The number of carbonyl (C=O) groups excluding carboxylic acids is 2. The highest BCUT2D eigenvalue weighted by molar-refractivity contribution is 6.07. The number of hydrogen-bond donors (Lipinski definition) is 1. The Balaban J connectivity index is 1.77. The van der Waals surface area contributed by atoms with Crippen molar-refractivity contribution in [2.75, 3.05) is 9.91 Å². The van der Waals surface area contributed by atoms with Crippen LogP contribution in [0.5, 0.6) is 0 Å². The number of anilines is 2. The Morgan fingerprint density at radius 3 is 2.12 bits per heavy atom. The fourth-order valence-corrected chi connectivity index (χ4v) is 4.14. The van der Waals surface area contributed by atoms with E-state index in [9.17, 15) is 22.8 Å². The number of amides is 2. The quantitative estimate of drug-likeness (QED) is 0.548. The fraction of sp³-hybridized carbons (Fsp3) is 0.200. The molecule has 4 rings (SSSR count). The van der Waals surface area contributed by atoms with Crippen LogP contribution in [0.25, 0.3) is 0 Å². The molecule has 0 fully saturated rings. The Hall–Kier alpha value is -3.81. The molecule has 0 bridgehead atoms. The molecule has 170 valence electrons. The molecule has 1 aliphatic heterocycles. The van der Waals surface area contributed by atoms with Gasteiger partial charge in [0.05, 0.1) is 11.7 Å². The van der Waals surface area contributed by atoms with Gasteiger partial charge in [0.25, 0.3) is 5.91 Å². The first-order valence-corrected chi connectivity index (χ1v) is 10.5. The Morgan fingerprint density at radius 2 is 1.48 bits per heavy atom. The van der Waals surface area contributed by atoms with Crippen LogP contribution in [-0.2, 0) is 4.79 Å². The second-order valence-electron chi connectivity index (χ2n) is 7.84. The number of carbonyl (C=O) groups is 2. The van der Waals surface area contributed by atoms with E-state index in [0.29, 0.717) is 28.9 Å². The molecule has 1 aliphatic rings. The molecule has 1 N–H and O–H groups in total. The van der Waals surface area contributed by atoms with E-state index in [1.807, 2.05) is 18.4 Å². The maximum Gasteiger partial charge on any atom is 0.472 e. The molecule has 1 heterocycles. The monoisotopic (exact) mass is 453 g/mol. The van der Waals surface area contributed by atoms with Crippen LogP contribution < -0.4 is 15.3 Å². The van der Waals surface area contributed by atoms with E-state index in [1.54, 1.807) is 83.8 Å². The van der Waals surface area contributed by atoms with Gasteiger partial charge in [0.1, 0.15) is 0 Å². The number of fused-ring (bicyclic) bond motifs is 1. The smallest absolute Gasteiger partial charge is 0.305 e. The molecule has 3 aromatic rings. The van der Waals surface area contributed by atoms with Crippen molar-refractivity contribution in [3.8, 4) is 0 Å². The van der Waals surface area contributed by atoms with Gasteiger partial charge in [0, 0.05) is 22.9 Å². The Labute approximate surface area is 189 Å². The van der Waals surface area contributed by atoms with Crippen LogP contribution in [0.3, 0.4) is 0 Å². The summed E-state index contributed by atoms with van der Waals surface area (Å²) in [6, 6.07) is 23.3. The molecule has 33 heavy (non-hydrogen) atoms. The summed E-state index contributed by atoms with van der Waals surface area (Å²) in [6.07, 6.45) is -4.73. The maximum atomic E-state index is 13.3. The topological polar surface area (TPSA) is 52.7 Å². The Kier molecular flexibility index (Phi) is 6.09. The number of nitrogens with one attached hydrogen (secondary N) is 1. The zero-order chi connectivity index (χ0) is 23.6. The van der Waals surface area contributed by atoms with E-state index in [-0.39, 0.29) is 11.9 Å². The van der Waals surface area contributed by atoms with Crippen molar-refractivity contribution in [2.45, 2.75) is 31.6 Å². The molecule has 5 nitrogen and oxygen atoms in total. The maximum absolute atomic E-state index is 13.3. The van der Waals surface area contributed by atoms with Crippen molar-refractivity contribution in [2.24, 2.45) is 0 Å². The lowest BCUT2D eigenvalue weighted by Crippen LogP contribution is -2.53. The lowest BCUT2D eigenvalue weighted by molar-refractivity contribution is -0.174. The van der Waals surface area contributed by atoms with E-state index in [1.165, 1.54) is 5.01 Å². The number of benzene rings is 3. The third-order valence-electron chi connectivity index (χ3n) is 5.63. The summed E-state index contributed by atoms with van der Waals surface area (Å²) >= 11 is 0. The first-order chi connectivity index (χ1) is 15.8. The van der Waals surface area contributed by atoms with E-state index in [4.69, 9.17) is 0 Å². The largest absolute Gasteiger partial charge is 0.472 e. The number of hydrazine groups is 1. The first kappa shape index (κ1) is 22.4. The summed E-state index contributed by atoms with van der Waals surface area (Å²) in [5, 5.41) is 1.25. The van der Waals surface area contributed by atoms with Gasteiger partial charge < -0.3 is 4.90 Å². The van der Waals surface area contributed by atoms with Gasteiger partial charge in [0.2, 0.25) is 0 Å². The summed E-state index contributed by atoms with van der Waals surface area (Å²) in [6.45, 7) is 1.85. The second-order valence-corrected chi connectivity index (χ2v) is 7.84. The summed E-state index contributed by atoms with van der Waals surface area (Å²) in [4.78, 5) is 26.9. The molecule has 0 spiro atoms. The van der Waals surface area contributed by atoms with Crippen molar-refractivity contribution in [1.29, 1.82) is 0 Å². The third-order valence-corrected chi connectivity index (χ3v) is 5.63. The summed E-state index contributed by atoms with van der Waals surface area (Å²) in [5.41, 5.74) is 4.21. The van der Waals surface area contributed by atoms with Crippen molar-refractivity contribution in [1.82, 2.24) is 5.43 Å². The number of para-hydroxylation sites is 2. The van der Waals surface area contributed by atoms with Gasteiger partial charge >= 0.3 is 12.1 Å². The second kappa shape index (κ2) is 8.97. The van der Waals surface area contributed by atoms with Crippen LogP contribution in [-0.4, -0.2) is 24.0 Å². The standard InChI is InChI=1S/C25H22F3N3O2/c1-17-16-22(31(19-12-6-3-7-13-19)29-24(33)25(26,27)28)20-14-8-9-15-21(20)30(17)23(32)18-10-4-2-5-11-18/h2-15,17,22H,16H2,1H3,(H,29,33)/t17-,22+/m1/s1. The molecule has 0 saturated heterocycles. The minimum absolute atomic E-state index is 0.195. The van der Waals surface area contributed by atoms with Gasteiger partial charge in [-0.3, -0.25) is 20.0 Å². The van der Waals surface area contributed by atoms with Crippen LogP contribution in [0.4, 0.5) is 24.5 Å². The number of rotatable bonds is 4. The number of alkyl halides is 3. The molecule has 0 radical (unpaired) electrons. The molecule has 0 unspecified atom stereocenters. The highest BCUT2D eigenvalue weighted by Gasteiger charge is 2.43. The van der Waals surface area contributed by atoms with E-state index >= 15 is 0 Å². The zero-order valence-corrected chi connectivity index (χ0v) is 17.8. The SMILES string of the molecule is C[C@@H]1C[C@H](N(NC(=O)C(F)(F)F)c2ccccc2)c2ccccc2N1C(=O)c1ccccc1. The van der Waals surface area contributed by atoms with Gasteiger partial charge in [-0.25, -0.2) is 0 Å². The van der Waals surface area contributed by atoms with Gasteiger partial charge in [-0.15, -0.1) is 0 Å². The molecule has 8 heteroatoms. The predicted octanol–water partition coefficient (Wildman–Crippen LogP) is 5.27. The summed E-state index contributed by atoms with van der Waals surface area (Å²) < 4.78 is 39.4. The van der Waals surface area contributed by atoms with E-state index < -0.39 is 18.1 Å². The van der Waals surface area contributed by atoms with Crippen LogP contribution in [0.15, 0.2) is 84.9 Å². The molecule has 0 saturated carbocycles. The highest BCUT2D eigenvalue weighted by Crippen LogP contribution is 2.42. The molecule has 2 amide bonds. The van der Waals surface area contributed by atoms with Crippen LogP contribution in [0.2, 0.25) is 0 Å². The van der Waals surface area contributed by atoms with E-state index in [2.05, 4.69) is 0 Å². The normalized spacial score (nSPS) is 17.8. The highest BCUT2D eigenvalue weighted by atomic mass is 19.4. The predicted molar refractivity (Wildman–Crippen MR) is 120 cm³/mol. The lowest BCUT2D eigenvalue weighted by Gasteiger charge is -2.44. The van der Waals surface area contributed by atoms with Crippen molar-refractivity contribution in [3.63, 3.8) is 0 Å². The van der Waals surface area contributed by atoms with Crippen molar-refractivity contribution >= 4 is 23.2 Å². The first-order valence-electron chi connectivity index (χ1n) is 10.5. The zero-order valence-electron chi connectivity index (χ0n) is 17.8. The van der Waals surface area contributed by atoms with Crippen LogP contribution >= 0.6 is 0 Å². The molecular weight excluding hydrogens is 431 g/mol. The molecular formula is C25H22F3N3O2. The van der Waals surface area contributed by atoms with Gasteiger partial charge in [-0.1, -0.05) is 54.6 Å². The van der Waals surface area contributed by atoms with Gasteiger partial charge in [0.15, 0.2) is 0 Å². The van der Waals surface area contributed by atoms with Gasteiger partial charge in [-0.2, -0.15) is 13.2 Å². The van der Waals surface area contributed by atoms with Crippen LogP contribution in [0.1, 0.15) is 35.3 Å². The number of nitrogens with zero attached hydrogens (tertiary/aromatic N) is 2. The lowest BCUT2D eigenvalue weighted by atomic mass is 9.90. The Morgan fingerprint density at radius 1 is 0.909 bits per heavy atom. The molecule has 2 atom stereocenters. The van der Waals surface area contributed by atoms with Crippen LogP contribution in [0, 0.1) is 0 Å². The molecule has 3 aromatic carbocycles. The minimum Gasteiger partial charge on any atom is -0.305 e. The van der Waals surface area contributed by atoms with E-state index in [0.717, 1.165) is 0 Å². The van der Waals surface area contributed by atoms with Crippen molar-refractivity contribution < 1.29 is 22.8 Å². The third kappa shape index (κ3) is 4.55. The van der Waals surface area contributed by atoms with Gasteiger partial charge in [-0.05, 0) is 43.7 Å². The Bertz CT molecular complexity index is 1140. The summed E-state index contributed by atoms with van der Waals surface area (Å²) in [7, 11) is 0. The fourth-order valence-electron chi connectivity index (χ4n) is 4.14. The minimum atomic E-state index is -5.04. The molecule has 0 aliphatic carbocycles. The average Bonchev–Trinajstić information content (AvgIpc) is 2.82. The number of hydrogen-bond acceptors (Lipinski definition) is 3.